The number of amides is 2. The average Bonchev–Trinajstić information content (AvgIpc) is 3.40. The molecule has 0 saturated heterocycles. The number of nitrogens with zero attached hydrogens (tertiary/aromatic N) is 3. The van der Waals surface area contributed by atoms with Crippen molar-refractivity contribution in [3.8, 4) is 5.75 Å². The molecule has 0 unspecified atom stereocenters. The van der Waals surface area contributed by atoms with Crippen LogP contribution in [0.15, 0.2) is 78.2 Å². The van der Waals surface area contributed by atoms with Crippen molar-refractivity contribution in [3.63, 3.8) is 0 Å². The van der Waals surface area contributed by atoms with Gasteiger partial charge in [0, 0.05) is 32.4 Å². The van der Waals surface area contributed by atoms with Gasteiger partial charge in [0.25, 0.3) is 5.91 Å². The second-order valence-corrected chi connectivity index (χ2v) is 10.3. The van der Waals surface area contributed by atoms with Crippen LogP contribution in [0.2, 0.25) is 0 Å². The maximum Gasteiger partial charge on any atom is 0.273 e. The van der Waals surface area contributed by atoms with E-state index in [1.165, 1.54) is 30.4 Å². The van der Waals surface area contributed by atoms with Gasteiger partial charge in [-0.05, 0) is 52.9 Å². The van der Waals surface area contributed by atoms with Crippen LogP contribution in [0.1, 0.15) is 50.7 Å². The maximum absolute atomic E-state index is 14.1. The highest BCUT2D eigenvalue weighted by Gasteiger charge is 2.31. The number of benzene rings is 3. The summed E-state index contributed by atoms with van der Waals surface area (Å²) in [6.07, 6.45) is 0.718. The summed E-state index contributed by atoms with van der Waals surface area (Å²) < 4.78 is 20.1. The molecule has 0 aliphatic carbocycles. The number of rotatable bonds is 7. The summed E-state index contributed by atoms with van der Waals surface area (Å²) in [5.74, 6) is 0.0785. The van der Waals surface area contributed by atoms with Crippen LogP contribution in [0.5, 0.6) is 5.75 Å². The number of hydrogen-bond donors (Lipinski definition) is 0. The molecule has 0 radical (unpaired) electrons. The highest BCUT2D eigenvalue weighted by atomic mass is 32.1. The lowest BCUT2D eigenvalue weighted by Crippen LogP contribution is -2.39. The maximum atomic E-state index is 14.1. The molecule has 0 saturated carbocycles. The lowest BCUT2D eigenvalue weighted by atomic mass is 9.88. The zero-order valence-electron chi connectivity index (χ0n) is 21.3. The minimum Gasteiger partial charge on any atom is -0.486 e. The Morgan fingerprint density at radius 1 is 1.11 bits per heavy atom. The van der Waals surface area contributed by atoms with E-state index in [1.54, 1.807) is 28.3 Å². The Morgan fingerprint density at radius 2 is 1.92 bits per heavy atom. The molecule has 2 amide bonds. The van der Waals surface area contributed by atoms with E-state index in [1.807, 2.05) is 54.6 Å². The smallest absolute Gasteiger partial charge is 0.273 e. The van der Waals surface area contributed by atoms with E-state index in [9.17, 15) is 14.0 Å². The summed E-state index contributed by atoms with van der Waals surface area (Å²) in [7, 11) is 1.76. The van der Waals surface area contributed by atoms with Gasteiger partial charge < -0.3 is 14.5 Å². The molecular weight excluding hydrogens is 501 g/mol. The molecule has 1 aliphatic rings. The second kappa shape index (κ2) is 11.1. The van der Waals surface area contributed by atoms with E-state index in [4.69, 9.17) is 4.74 Å². The van der Waals surface area contributed by atoms with Crippen molar-refractivity contribution >= 4 is 23.2 Å². The molecule has 2 heterocycles. The summed E-state index contributed by atoms with van der Waals surface area (Å²) in [5, 5.41) is 2.44. The summed E-state index contributed by atoms with van der Waals surface area (Å²) in [5.41, 5.74) is 4.19. The summed E-state index contributed by atoms with van der Waals surface area (Å²) in [6, 6.07) is 21.6. The van der Waals surface area contributed by atoms with Crippen molar-refractivity contribution in [2.45, 2.75) is 32.5 Å². The van der Waals surface area contributed by atoms with Gasteiger partial charge in [0.05, 0.1) is 6.04 Å². The Labute approximate surface area is 225 Å². The van der Waals surface area contributed by atoms with Crippen molar-refractivity contribution in [1.82, 2.24) is 14.8 Å². The van der Waals surface area contributed by atoms with Crippen LogP contribution in [0.3, 0.4) is 0 Å². The fraction of sp³-hybridized carbons (Fsp3) is 0.233. The van der Waals surface area contributed by atoms with Crippen molar-refractivity contribution in [1.29, 1.82) is 0 Å². The molecule has 3 aromatic carbocycles. The van der Waals surface area contributed by atoms with Gasteiger partial charge in [0.2, 0.25) is 5.91 Å². The van der Waals surface area contributed by atoms with Gasteiger partial charge in [0.15, 0.2) is 0 Å². The third-order valence-corrected chi connectivity index (χ3v) is 7.48. The number of carbonyl (C=O) groups is 2. The fourth-order valence-corrected chi connectivity index (χ4v) is 5.48. The van der Waals surface area contributed by atoms with Gasteiger partial charge in [-0.25, -0.2) is 9.37 Å². The van der Waals surface area contributed by atoms with Crippen molar-refractivity contribution < 1.29 is 18.7 Å². The second-order valence-electron chi connectivity index (χ2n) is 9.34. The number of ether oxygens (including phenoxy) is 1. The Morgan fingerprint density at radius 3 is 2.68 bits per heavy atom. The number of thiazole rings is 1. The monoisotopic (exact) mass is 529 g/mol. The Hall–Kier alpha value is -4.04. The van der Waals surface area contributed by atoms with Crippen LogP contribution in [-0.2, 0) is 24.4 Å². The van der Waals surface area contributed by atoms with Crippen molar-refractivity contribution in [2.75, 3.05) is 13.6 Å². The predicted octanol–water partition coefficient (Wildman–Crippen LogP) is 5.63. The highest BCUT2D eigenvalue weighted by molar-refractivity contribution is 7.09. The first kappa shape index (κ1) is 25.6. The molecule has 0 spiro atoms. The SMILES string of the molecule is CC(=O)N1CCc2ccc(OCc3nc(C(=O)N(C)Cc4ccccc4)cs3)cc2[C@@H]1c1cccc(F)c1. The normalized spacial score (nSPS) is 14.6. The summed E-state index contributed by atoms with van der Waals surface area (Å²) >= 11 is 1.37. The fourth-order valence-electron chi connectivity index (χ4n) is 4.80. The topological polar surface area (TPSA) is 62.7 Å². The predicted molar refractivity (Wildman–Crippen MR) is 144 cm³/mol. The van der Waals surface area contributed by atoms with E-state index >= 15 is 0 Å². The number of aromatic nitrogens is 1. The molecule has 5 rings (SSSR count). The molecule has 38 heavy (non-hydrogen) atoms. The largest absolute Gasteiger partial charge is 0.486 e. The van der Waals surface area contributed by atoms with Crippen LogP contribution >= 0.6 is 11.3 Å². The molecule has 0 bridgehead atoms. The van der Waals surface area contributed by atoms with Crippen molar-refractivity contribution in [2.24, 2.45) is 0 Å². The van der Waals surface area contributed by atoms with Crippen LogP contribution in [0.4, 0.5) is 4.39 Å². The van der Waals surface area contributed by atoms with E-state index in [0.717, 1.165) is 28.7 Å². The number of fused-ring (bicyclic) bond motifs is 1. The molecule has 4 aromatic rings. The lowest BCUT2D eigenvalue weighted by molar-refractivity contribution is -0.130. The minimum atomic E-state index is -0.389. The highest BCUT2D eigenvalue weighted by Crippen LogP contribution is 2.37. The third kappa shape index (κ3) is 5.60. The Kier molecular flexibility index (Phi) is 7.51. The van der Waals surface area contributed by atoms with Crippen LogP contribution < -0.4 is 4.74 Å². The Balaban J connectivity index is 1.30. The van der Waals surface area contributed by atoms with Gasteiger partial charge in [-0.2, -0.15) is 0 Å². The molecule has 6 nitrogen and oxygen atoms in total. The van der Waals surface area contributed by atoms with E-state index < -0.39 is 0 Å². The molecular formula is C30H28FN3O3S. The zero-order chi connectivity index (χ0) is 26.6. The Bertz CT molecular complexity index is 1460. The number of carbonyl (C=O) groups excluding carboxylic acids is 2. The lowest BCUT2D eigenvalue weighted by Gasteiger charge is -2.37. The minimum absolute atomic E-state index is 0.0616. The first-order valence-corrected chi connectivity index (χ1v) is 13.3. The first-order chi connectivity index (χ1) is 18.4. The number of halogens is 1. The van der Waals surface area contributed by atoms with Crippen molar-refractivity contribution in [3.05, 3.63) is 117 Å². The molecule has 0 N–H and O–H groups in total. The molecule has 1 aromatic heterocycles. The quantitative estimate of drug-likeness (QED) is 0.311. The number of hydrogen-bond acceptors (Lipinski definition) is 5. The molecule has 8 heteroatoms. The van der Waals surface area contributed by atoms with Gasteiger partial charge in [-0.1, -0.05) is 48.5 Å². The summed E-state index contributed by atoms with van der Waals surface area (Å²) in [4.78, 5) is 33.2. The van der Waals surface area contributed by atoms with Gasteiger partial charge >= 0.3 is 0 Å². The van der Waals surface area contributed by atoms with E-state index in [2.05, 4.69) is 4.98 Å². The average molecular weight is 530 g/mol. The van der Waals surface area contributed by atoms with Gasteiger partial charge in [-0.3, -0.25) is 9.59 Å². The standard InChI is InChI=1S/C30H28FN3O3S/c1-20(35)34-14-13-22-11-12-25(16-26(22)29(34)23-9-6-10-24(31)15-23)37-18-28-32-27(19-38-28)30(36)33(2)17-21-7-4-3-5-8-21/h3-12,15-16,19,29H,13-14,17-18H2,1-2H3/t29-/m0/s1. The van der Waals surface area contributed by atoms with Crippen LogP contribution in [0, 0.1) is 5.82 Å². The summed E-state index contributed by atoms with van der Waals surface area (Å²) in [6.45, 7) is 2.82. The molecule has 0 fully saturated rings. The van der Waals surface area contributed by atoms with E-state index in [-0.39, 0.29) is 30.3 Å². The van der Waals surface area contributed by atoms with Crippen LogP contribution in [-0.4, -0.2) is 40.2 Å². The molecule has 1 atom stereocenters. The zero-order valence-corrected chi connectivity index (χ0v) is 22.1. The van der Waals surface area contributed by atoms with Crippen LogP contribution in [0.25, 0.3) is 0 Å². The molecule has 194 valence electrons. The van der Waals surface area contributed by atoms with Gasteiger partial charge in [0.1, 0.15) is 28.9 Å². The third-order valence-electron chi connectivity index (χ3n) is 6.66. The van der Waals surface area contributed by atoms with Gasteiger partial charge in [-0.15, -0.1) is 11.3 Å². The van der Waals surface area contributed by atoms with E-state index in [0.29, 0.717) is 29.5 Å². The molecule has 1 aliphatic heterocycles. The first-order valence-electron chi connectivity index (χ1n) is 12.4.